The third-order valence-electron chi connectivity index (χ3n) is 2.97. The molecule has 0 amide bonds. The highest BCUT2D eigenvalue weighted by Crippen LogP contribution is 2.29. The number of methoxy groups -OCH3 is 1. The van der Waals surface area contributed by atoms with Crippen LogP contribution in [0.1, 0.15) is 46.5 Å². The van der Waals surface area contributed by atoms with Crippen LogP contribution in [0, 0.1) is 0 Å². The normalized spacial score (nSPS) is 25.0. The summed E-state index contributed by atoms with van der Waals surface area (Å²) in [5, 5.41) is 0. The first kappa shape index (κ1) is 16.9. The number of esters is 2. The Morgan fingerprint density at radius 2 is 2.00 bits per heavy atom. The van der Waals surface area contributed by atoms with Crippen LogP contribution in [0.25, 0.3) is 0 Å². The van der Waals surface area contributed by atoms with Gasteiger partial charge < -0.3 is 18.9 Å². The predicted octanol–water partition coefficient (Wildman–Crippen LogP) is 1.80. The number of rotatable bonds is 6. The second kappa shape index (κ2) is 7.59. The highest BCUT2D eigenvalue weighted by molar-refractivity contribution is 5.75. The van der Waals surface area contributed by atoms with Gasteiger partial charge in [-0.2, -0.15) is 0 Å². The first-order chi connectivity index (χ1) is 9.38. The molecular weight excluding hydrogens is 264 g/mol. The van der Waals surface area contributed by atoms with E-state index in [1.165, 1.54) is 7.11 Å². The third kappa shape index (κ3) is 5.46. The molecule has 6 heteroatoms. The largest absolute Gasteiger partial charge is 0.467 e. The first-order valence-electron chi connectivity index (χ1n) is 6.97. The molecule has 1 heterocycles. The maximum atomic E-state index is 11.7. The highest BCUT2D eigenvalue weighted by atomic mass is 16.7. The lowest BCUT2D eigenvalue weighted by molar-refractivity contribution is -0.297. The van der Waals surface area contributed by atoms with Crippen LogP contribution >= 0.6 is 0 Å². The standard InChI is InChI=1S/C14H24O6/c1-5-6-7-18-12(15)9-10-8-11(13(16)17-4)20-14(2,3)19-10/h10-11H,5-9H2,1-4H3/t10-,11+/m0/s1. The van der Waals surface area contributed by atoms with Gasteiger partial charge in [0.05, 0.1) is 26.2 Å². The Hall–Kier alpha value is -1.14. The molecule has 0 spiro atoms. The lowest BCUT2D eigenvalue weighted by Gasteiger charge is -2.39. The van der Waals surface area contributed by atoms with Gasteiger partial charge in [-0.1, -0.05) is 13.3 Å². The van der Waals surface area contributed by atoms with Gasteiger partial charge in [0.15, 0.2) is 11.9 Å². The minimum Gasteiger partial charge on any atom is -0.467 e. The highest BCUT2D eigenvalue weighted by Gasteiger charge is 2.40. The summed E-state index contributed by atoms with van der Waals surface area (Å²) in [5.74, 6) is -1.69. The molecule has 116 valence electrons. The van der Waals surface area contributed by atoms with Crippen LogP contribution in [0.15, 0.2) is 0 Å². The number of hydrogen-bond acceptors (Lipinski definition) is 6. The zero-order chi connectivity index (χ0) is 15.2. The molecule has 0 bridgehead atoms. The van der Waals surface area contributed by atoms with E-state index in [0.717, 1.165) is 12.8 Å². The van der Waals surface area contributed by atoms with Crippen molar-refractivity contribution in [3.05, 3.63) is 0 Å². The summed E-state index contributed by atoms with van der Waals surface area (Å²) in [6.07, 6.45) is 1.10. The molecule has 0 aromatic rings. The van der Waals surface area contributed by atoms with Crippen LogP contribution in [0.2, 0.25) is 0 Å². The molecule has 0 aromatic heterocycles. The van der Waals surface area contributed by atoms with Gasteiger partial charge in [-0.25, -0.2) is 4.79 Å². The van der Waals surface area contributed by atoms with Crippen LogP contribution < -0.4 is 0 Å². The molecule has 0 aliphatic carbocycles. The molecule has 0 saturated carbocycles. The van der Waals surface area contributed by atoms with Crippen molar-refractivity contribution in [1.29, 1.82) is 0 Å². The first-order valence-corrected chi connectivity index (χ1v) is 6.97. The number of ether oxygens (including phenoxy) is 4. The predicted molar refractivity (Wildman–Crippen MR) is 70.9 cm³/mol. The minimum absolute atomic E-state index is 0.115. The van der Waals surface area contributed by atoms with Gasteiger partial charge >= 0.3 is 11.9 Å². The molecule has 1 aliphatic heterocycles. The van der Waals surface area contributed by atoms with Gasteiger partial charge in [0.25, 0.3) is 0 Å². The summed E-state index contributed by atoms with van der Waals surface area (Å²) in [7, 11) is 1.31. The zero-order valence-corrected chi connectivity index (χ0v) is 12.6. The maximum Gasteiger partial charge on any atom is 0.335 e. The van der Waals surface area contributed by atoms with E-state index in [9.17, 15) is 9.59 Å². The molecule has 0 unspecified atom stereocenters. The second-order valence-corrected chi connectivity index (χ2v) is 5.28. The summed E-state index contributed by atoms with van der Waals surface area (Å²) >= 11 is 0. The van der Waals surface area contributed by atoms with Gasteiger partial charge in [0.2, 0.25) is 0 Å². The molecule has 20 heavy (non-hydrogen) atoms. The van der Waals surface area contributed by atoms with Crippen molar-refractivity contribution in [2.45, 2.75) is 64.4 Å². The van der Waals surface area contributed by atoms with Crippen LogP contribution in [-0.2, 0) is 28.5 Å². The summed E-state index contributed by atoms with van der Waals surface area (Å²) in [5.41, 5.74) is 0. The average Bonchev–Trinajstić information content (AvgIpc) is 2.36. The van der Waals surface area contributed by atoms with Gasteiger partial charge in [0.1, 0.15) is 0 Å². The molecule has 2 atom stereocenters. The summed E-state index contributed by atoms with van der Waals surface area (Å²) in [6.45, 7) is 5.86. The molecule has 6 nitrogen and oxygen atoms in total. The van der Waals surface area contributed by atoms with E-state index in [2.05, 4.69) is 4.74 Å². The molecule has 0 radical (unpaired) electrons. The molecule has 1 rings (SSSR count). The van der Waals surface area contributed by atoms with Crippen molar-refractivity contribution in [1.82, 2.24) is 0 Å². The Kier molecular flexibility index (Phi) is 6.42. The fourth-order valence-electron chi connectivity index (χ4n) is 2.08. The second-order valence-electron chi connectivity index (χ2n) is 5.28. The van der Waals surface area contributed by atoms with Crippen LogP contribution in [0.5, 0.6) is 0 Å². The van der Waals surface area contributed by atoms with E-state index < -0.39 is 24.0 Å². The van der Waals surface area contributed by atoms with Gasteiger partial charge in [0, 0.05) is 6.42 Å². The number of carbonyl (C=O) groups is 2. The third-order valence-corrected chi connectivity index (χ3v) is 2.97. The Morgan fingerprint density at radius 1 is 1.30 bits per heavy atom. The Labute approximate surface area is 119 Å². The Morgan fingerprint density at radius 3 is 2.60 bits per heavy atom. The monoisotopic (exact) mass is 288 g/mol. The summed E-state index contributed by atoms with van der Waals surface area (Å²) in [4.78, 5) is 23.3. The number of unbranched alkanes of at least 4 members (excludes halogenated alkanes) is 1. The summed E-state index contributed by atoms with van der Waals surface area (Å²) in [6, 6.07) is 0. The molecule has 1 saturated heterocycles. The van der Waals surface area contributed by atoms with Crippen LogP contribution in [-0.4, -0.2) is 43.7 Å². The van der Waals surface area contributed by atoms with E-state index >= 15 is 0 Å². The van der Waals surface area contributed by atoms with Crippen molar-refractivity contribution in [2.75, 3.05) is 13.7 Å². The SMILES string of the molecule is CCCCOC(=O)C[C@@H]1C[C@H](C(=O)OC)OC(C)(C)O1. The molecule has 1 aliphatic rings. The van der Waals surface area contributed by atoms with Gasteiger partial charge in [-0.05, 0) is 20.3 Å². The molecule has 1 fully saturated rings. The number of carbonyl (C=O) groups excluding carboxylic acids is 2. The fourth-order valence-corrected chi connectivity index (χ4v) is 2.08. The molecule has 0 N–H and O–H groups in total. The van der Waals surface area contributed by atoms with E-state index in [-0.39, 0.29) is 12.4 Å². The summed E-state index contributed by atoms with van der Waals surface area (Å²) < 4.78 is 20.9. The van der Waals surface area contributed by atoms with Crippen molar-refractivity contribution in [3.8, 4) is 0 Å². The van der Waals surface area contributed by atoms with E-state index in [0.29, 0.717) is 13.0 Å². The van der Waals surface area contributed by atoms with E-state index in [4.69, 9.17) is 14.2 Å². The van der Waals surface area contributed by atoms with Crippen molar-refractivity contribution >= 4 is 11.9 Å². The van der Waals surface area contributed by atoms with E-state index in [1.807, 2.05) is 6.92 Å². The molecule has 0 aromatic carbocycles. The van der Waals surface area contributed by atoms with Gasteiger partial charge in [-0.15, -0.1) is 0 Å². The smallest absolute Gasteiger partial charge is 0.335 e. The number of hydrogen-bond donors (Lipinski definition) is 0. The minimum atomic E-state index is -0.925. The zero-order valence-electron chi connectivity index (χ0n) is 12.6. The molecular formula is C14H24O6. The Bertz CT molecular complexity index is 339. The fraction of sp³-hybridized carbons (Fsp3) is 0.857. The maximum absolute atomic E-state index is 11.7. The van der Waals surface area contributed by atoms with Crippen LogP contribution in [0.3, 0.4) is 0 Å². The quantitative estimate of drug-likeness (QED) is 0.548. The lowest BCUT2D eigenvalue weighted by Crippen LogP contribution is -2.48. The van der Waals surface area contributed by atoms with Crippen LogP contribution in [0.4, 0.5) is 0 Å². The Balaban J connectivity index is 2.51. The van der Waals surface area contributed by atoms with Gasteiger partial charge in [-0.3, -0.25) is 4.79 Å². The lowest BCUT2D eigenvalue weighted by atomic mass is 10.1. The van der Waals surface area contributed by atoms with Crippen molar-refractivity contribution in [2.24, 2.45) is 0 Å². The van der Waals surface area contributed by atoms with E-state index in [1.54, 1.807) is 13.8 Å². The van der Waals surface area contributed by atoms with Crippen molar-refractivity contribution < 1.29 is 28.5 Å². The van der Waals surface area contributed by atoms with Crippen molar-refractivity contribution in [3.63, 3.8) is 0 Å². The average molecular weight is 288 g/mol. The topological polar surface area (TPSA) is 71.1 Å².